The number of thiol groups is 1. The summed E-state index contributed by atoms with van der Waals surface area (Å²) in [5, 5.41) is 8.80. The van der Waals surface area contributed by atoms with E-state index in [4.69, 9.17) is 14.6 Å². The quantitative estimate of drug-likeness (QED) is 0.598. The smallest absolute Gasteiger partial charge is 0.330 e. The van der Waals surface area contributed by atoms with Crippen molar-refractivity contribution in [1.82, 2.24) is 9.55 Å². The maximum atomic E-state index is 11.7. The summed E-state index contributed by atoms with van der Waals surface area (Å²) in [4.78, 5) is 24.8. The van der Waals surface area contributed by atoms with Gasteiger partial charge in [-0.05, 0) is 0 Å². The average molecular weight is 274 g/mol. The topological polar surface area (TPSA) is 93.5 Å². The minimum atomic E-state index is -0.723. The Hall–Kier alpha value is -1.09. The molecule has 100 valence electrons. The first-order valence-corrected chi connectivity index (χ1v) is 5.88. The summed E-state index contributed by atoms with van der Waals surface area (Å²) in [6, 6.07) is 1.22. The van der Waals surface area contributed by atoms with E-state index in [9.17, 15) is 9.59 Å². The minimum absolute atomic E-state index is 0.220. The molecule has 2 heterocycles. The first-order chi connectivity index (χ1) is 8.58. The second-order valence-electron chi connectivity index (χ2n) is 3.96. The number of aromatic nitrogens is 2. The fourth-order valence-corrected chi connectivity index (χ4v) is 2.41. The monoisotopic (exact) mass is 274 g/mol. The van der Waals surface area contributed by atoms with Crippen molar-refractivity contribution in [2.24, 2.45) is 0 Å². The molecule has 0 bridgehead atoms. The van der Waals surface area contributed by atoms with Crippen molar-refractivity contribution in [1.29, 1.82) is 0 Å². The molecule has 0 aliphatic carbocycles. The van der Waals surface area contributed by atoms with Gasteiger partial charge in [0.1, 0.15) is 6.10 Å². The van der Waals surface area contributed by atoms with Crippen LogP contribution in [0.2, 0.25) is 0 Å². The Labute approximate surface area is 108 Å². The second-order valence-corrected chi connectivity index (χ2v) is 4.55. The first-order valence-electron chi connectivity index (χ1n) is 5.37. The molecule has 0 radical (unpaired) electrons. The van der Waals surface area contributed by atoms with Crippen molar-refractivity contribution < 1.29 is 14.6 Å². The van der Waals surface area contributed by atoms with Crippen molar-refractivity contribution in [3.8, 4) is 0 Å². The van der Waals surface area contributed by atoms with Gasteiger partial charge in [0.15, 0.2) is 6.23 Å². The Morgan fingerprint density at radius 2 is 2.33 bits per heavy atom. The maximum Gasteiger partial charge on any atom is 0.330 e. The van der Waals surface area contributed by atoms with Crippen LogP contribution in [0.1, 0.15) is 6.23 Å². The lowest BCUT2D eigenvalue weighted by molar-refractivity contribution is -0.0625. The summed E-state index contributed by atoms with van der Waals surface area (Å²) >= 11 is 4.31. The third kappa shape index (κ3) is 2.24. The van der Waals surface area contributed by atoms with Crippen LogP contribution in [0.3, 0.4) is 0 Å². The first kappa shape index (κ1) is 13.3. The SMILES string of the molecule is COC1C(S)[C@H](CO)O[C@@H]1n1ccc(=O)[nH]c1=O. The number of nitrogens with zero attached hydrogens (tertiary/aromatic N) is 1. The molecule has 2 rings (SSSR count). The van der Waals surface area contributed by atoms with Crippen LogP contribution in [0, 0.1) is 0 Å². The Morgan fingerprint density at radius 1 is 1.61 bits per heavy atom. The Bertz CT molecular complexity index is 527. The summed E-state index contributed by atoms with van der Waals surface area (Å²) in [5.74, 6) is 0. The highest BCUT2D eigenvalue weighted by Crippen LogP contribution is 2.33. The Balaban J connectivity index is 2.38. The van der Waals surface area contributed by atoms with Crippen molar-refractivity contribution in [2.75, 3.05) is 13.7 Å². The predicted molar refractivity (Wildman–Crippen MR) is 65.9 cm³/mol. The molecule has 7 nitrogen and oxygen atoms in total. The second kappa shape index (κ2) is 5.27. The lowest BCUT2D eigenvalue weighted by Crippen LogP contribution is -2.37. The van der Waals surface area contributed by atoms with Crippen molar-refractivity contribution >= 4 is 12.6 Å². The summed E-state index contributed by atoms with van der Waals surface area (Å²) in [6.07, 6.45) is -0.409. The summed E-state index contributed by atoms with van der Waals surface area (Å²) in [6.45, 7) is -0.220. The lowest BCUT2D eigenvalue weighted by atomic mass is 10.2. The van der Waals surface area contributed by atoms with E-state index in [1.165, 1.54) is 23.9 Å². The summed E-state index contributed by atoms with van der Waals surface area (Å²) in [5.41, 5.74) is -1.07. The highest BCUT2D eigenvalue weighted by molar-refractivity contribution is 7.81. The third-order valence-electron chi connectivity index (χ3n) is 2.89. The average Bonchev–Trinajstić information content (AvgIpc) is 2.65. The Morgan fingerprint density at radius 3 is 2.89 bits per heavy atom. The zero-order valence-electron chi connectivity index (χ0n) is 9.65. The van der Waals surface area contributed by atoms with Gasteiger partial charge in [-0.15, -0.1) is 0 Å². The summed E-state index contributed by atoms with van der Waals surface area (Å²) < 4.78 is 12.0. The molecule has 1 aromatic heterocycles. The molecule has 1 fully saturated rings. The van der Waals surface area contributed by atoms with Gasteiger partial charge < -0.3 is 14.6 Å². The molecule has 0 aromatic carbocycles. The van der Waals surface area contributed by atoms with Gasteiger partial charge in [0.25, 0.3) is 5.56 Å². The van der Waals surface area contributed by atoms with Gasteiger partial charge in [0, 0.05) is 19.4 Å². The minimum Gasteiger partial charge on any atom is -0.394 e. The van der Waals surface area contributed by atoms with E-state index in [1.807, 2.05) is 0 Å². The molecule has 0 spiro atoms. The van der Waals surface area contributed by atoms with E-state index in [2.05, 4.69) is 17.6 Å². The zero-order chi connectivity index (χ0) is 13.3. The van der Waals surface area contributed by atoms with Crippen LogP contribution in [-0.2, 0) is 9.47 Å². The normalized spacial score (nSPS) is 31.7. The van der Waals surface area contributed by atoms with Crippen LogP contribution in [-0.4, -0.2) is 45.8 Å². The van der Waals surface area contributed by atoms with Gasteiger partial charge in [-0.3, -0.25) is 14.3 Å². The van der Waals surface area contributed by atoms with Crippen LogP contribution >= 0.6 is 12.6 Å². The third-order valence-corrected chi connectivity index (χ3v) is 3.52. The number of H-pyrrole nitrogens is 1. The molecule has 0 amide bonds. The van der Waals surface area contributed by atoms with Gasteiger partial charge in [0.2, 0.25) is 0 Å². The van der Waals surface area contributed by atoms with E-state index in [0.717, 1.165) is 0 Å². The molecule has 1 aliphatic rings. The molecular weight excluding hydrogens is 260 g/mol. The van der Waals surface area contributed by atoms with Crippen molar-refractivity contribution in [2.45, 2.75) is 23.7 Å². The molecule has 0 saturated carbocycles. The van der Waals surface area contributed by atoms with Crippen molar-refractivity contribution in [3.63, 3.8) is 0 Å². The number of hydrogen-bond acceptors (Lipinski definition) is 6. The number of aromatic amines is 1. The molecule has 2 N–H and O–H groups in total. The Kier molecular flexibility index (Phi) is 3.91. The van der Waals surface area contributed by atoms with E-state index < -0.39 is 29.7 Å². The van der Waals surface area contributed by atoms with E-state index in [-0.39, 0.29) is 11.9 Å². The number of ether oxygens (including phenoxy) is 2. The molecule has 2 unspecified atom stereocenters. The molecule has 4 atom stereocenters. The molecule has 8 heteroatoms. The van der Waals surface area contributed by atoms with Gasteiger partial charge in [-0.2, -0.15) is 12.6 Å². The van der Waals surface area contributed by atoms with Crippen LogP contribution in [0.5, 0.6) is 0 Å². The fourth-order valence-electron chi connectivity index (χ4n) is 1.98. The van der Waals surface area contributed by atoms with Gasteiger partial charge >= 0.3 is 5.69 Å². The standard InChI is InChI=1S/C10H14N2O5S/c1-16-7-8(18)5(4-13)17-9(7)12-3-2-6(14)11-10(12)15/h2-3,5,7-9,13,18H,4H2,1H3,(H,11,14,15)/t5-,7?,8?,9-/m0/s1. The highest BCUT2D eigenvalue weighted by Gasteiger charge is 2.44. The van der Waals surface area contributed by atoms with Gasteiger partial charge in [-0.25, -0.2) is 4.79 Å². The molecular formula is C10H14N2O5S. The van der Waals surface area contributed by atoms with E-state index in [0.29, 0.717) is 0 Å². The number of hydrogen-bond donors (Lipinski definition) is 3. The summed E-state index contributed by atoms with van der Waals surface area (Å²) in [7, 11) is 1.47. The van der Waals surface area contributed by atoms with Crippen LogP contribution < -0.4 is 11.2 Å². The van der Waals surface area contributed by atoms with Gasteiger partial charge in [-0.1, -0.05) is 0 Å². The number of methoxy groups -OCH3 is 1. The van der Waals surface area contributed by atoms with Crippen LogP contribution in [0.4, 0.5) is 0 Å². The number of aliphatic hydroxyl groups is 1. The zero-order valence-corrected chi connectivity index (χ0v) is 10.5. The van der Waals surface area contributed by atoms with Gasteiger partial charge in [0.05, 0.1) is 18.0 Å². The number of aliphatic hydroxyl groups excluding tert-OH is 1. The van der Waals surface area contributed by atoms with E-state index >= 15 is 0 Å². The van der Waals surface area contributed by atoms with E-state index in [1.54, 1.807) is 0 Å². The predicted octanol–water partition coefficient (Wildman–Crippen LogP) is -1.26. The van der Waals surface area contributed by atoms with Crippen LogP contribution in [0.15, 0.2) is 21.9 Å². The number of rotatable bonds is 3. The lowest BCUT2D eigenvalue weighted by Gasteiger charge is -2.20. The molecule has 1 aromatic rings. The van der Waals surface area contributed by atoms with Crippen LogP contribution in [0.25, 0.3) is 0 Å². The molecule has 1 saturated heterocycles. The molecule has 18 heavy (non-hydrogen) atoms. The van der Waals surface area contributed by atoms with Crippen molar-refractivity contribution in [3.05, 3.63) is 33.1 Å². The molecule has 1 aliphatic heterocycles. The maximum absolute atomic E-state index is 11.7. The number of nitrogens with one attached hydrogen (secondary N) is 1. The fraction of sp³-hybridized carbons (Fsp3) is 0.600. The highest BCUT2D eigenvalue weighted by atomic mass is 32.1. The largest absolute Gasteiger partial charge is 0.394 e.